The van der Waals surface area contributed by atoms with E-state index in [1.54, 1.807) is 42.5 Å². The van der Waals surface area contributed by atoms with Crippen LogP contribution < -0.4 is 11.1 Å². The summed E-state index contributed by atoms with van der Waals surface area (Å²) in [4.78, 5) is 0.501. The Hall–Kier alpha value is -1.27. The lowest BCUT2D eigenvalue weighted by atomic mass is 10.2. The van der Waals surface area contributed by atoms with Gasteiger partial charge in [0.2, 0.25) is 0 Å². The normalized spacial score (nSPS) is 10.7. The maximum atomic E-state index is 12.5. The van der Waals surface area contributed by atoms with Crippen molar-refractivity contribution in [3.05, 3.63) is 46.9 Å². The monoisotopic (exact) mass is 344 g/mol. The number of anilines is 3. The Labute approximate surface area is 122 Å². The molecule has 0 atom stereocenters. The van der Waals surface area contributed by atoms with Crippen LogP contribution in [0.2, 0.25) is 0 Å². The van der Waals surface area contributed by atoms with Gasteiger partial charge in [-0.3, -0.25) is 0 Å². The van der Waals surface area contributed by atoms with E-state index in [2.05, 4.69) is 21.2 Å². The second kappa shape index (κ2) is 6.25. The van der Waals surface area contributed by atoms with Gasteiger partial charge in [-0.15, -0.1) is 0 Å². The Morgan fingerprint density at radius 3 is 2.53 bits per heavy atom. The molecule has 2 nitrogen and oxygen atoms in total. The van der Waals surface area contributed by atoms with Crippen LogP contribution in [0.3, 0.4) is 0 Å². The molecule has 0 unspecified atom stereocenters. The van der Waals surface area contributed by atoms with Crippen molar-refractivity contribution in [3.63, 3.8) is 0 Å². The van der Waals surface area contributed by atoms with Crippen molar-refractivity contribution in [3.8, 4) is 0 Å². The predicted octanol–water partition coefficient (Wildman–Crippen LogP) is 5.09. The summed E-state index contributed by atoms with van der Waals surface area (Å²) in [6, 6.07) is 12.2. The van der Waals surface area contributed by atoms with Crippen molar-refractivity contribution in [1.82, 2.24) is 0 Å². The van der Waals surface area contributed by atoms with E-state index in [9.17, 15) is 8.78 Å². The quantitative estimate of drug-likeness (QED) is 0.599. The lowest BCUT2D eigenvalue weighted by Crippen LogP contribution is -1.95. The van der Waals surface area contributed by atoms with E-state index in [1.165, 1.54) is 0 Å². The standard InChI is InChI=1S/C13H11BrF2N2S/c14-9-7-8(17)5-6-10(9)18-11-3-1-2-4-12(11)19-13(15)16/h1-7,13,18H,17H2. The third-order valence-electron chi connectivity index (χ3n) is 2.37. The first-order valence-electron chi connectivity index (χ1n) is 5.42. The number of hydrogen-bond acceptors (Lipinski definition) is 3. The van der Waals surface area contributed by atoms with Gasteiger partial charge in [-0.2, -0.15) is 8.78 Å². The molecule has 0 amide bonds. The van der Waals surface area contributed by atoms with Crippen molar-refractivity contribution in [2.45, 2.75) is 10.7 Å². The van der Waals surface area contributed by atoms with Crippen LogP contribution in [0.5, 0.6) is 0 Å². The molecule has 3 N–H and O–H groups in total. The second-order valence-corrected chi connectivity index (χ2v) is 5.63. The molecule has 0 saturated carbocycles. The molecule has 0 fully saturated rings. The average Bonchev–Trinajstić information content (AvgIpc) is 2.34. The Kier molecular flexibility index (Phi) is 4.66. The van der Waals surface area contributed by atoms with Gasteiger partial charge in [0.25, 0.3) is 5.76 Å². The predicted molar refractivity (Wildman–Crippen MR) is 80.1 cm³/mol. The van der Waals surface area contributed by atoms with Crippen LogP contribution in [-0.2, 0) is 0 Å². The van der Waals surface area contributed by atoms with Gasteiger partial charge in [0.05, 0.1) is 11.4 Å². The van der Waals surface area contributed by atoms with Crippen LogP contribution in [0.4, 0.5) is 25.8 Å². The highest BCUT2D eigenvalue weighted by Gasteiger charge is 2.10. The highest BCUT2D eigenvalue weighted by atomic mass is 79.9. The summed E-state index contributed by atoms with van der Waals surface area (Å²) in [5, 5.41) is 3.12. The van der Waals surface area contributed by atoms with Gasteiger partial charge in [-0.25, -0.2) is 0 Å². The van der Waals surface area contributed by atoms with Crippen LogP contribution in [0, 0.1) is 0 Å². The van der Waals surface area contributed by atoms with Crippen molar-refractivity contribution in [2.24, 2.45) is 0 Å². The molecule has 0 aromatic heterocycles. The molecule has 0 spiro atoms. The largest absolute Gasteiger partial charge is 0.399 e. The lowest BCUT2D eigenvalue weighted by molar-refractivity contribution is 0.252. The minimum atomic E-state index is -2.45. The van der Waals surface area contributed by atoms with E-state index in [-0.39, 0.29) is 0 Å². The van der Waals surface area contributed by atoms with Crippen molar-refractivity contribution in [2.75, 3.05) is 11.1 Å². The highest BCUT2D eigenvalue weighted by molar-refractivity contribution is 9.10. The molecule has 2 rings (SSSR count). The van der Waals surface area contributed by atoms with E-state index in [1.807, 2.05) is 0 Å². The molecule has 100 valence electrons. The average molecular weight is 345 g/mol. The minimum absolute atomic E-state index is 0.501. The molecule has 2 aromatic rings. The zero-order chi connectivity index (χ0) is 13.8. The molecule has 0 aliphatic rings. The number of benzene rings is 2. The highest BCUT2D eigenvalue weighted by Crippen LogP contribution is 2.35. The molecule has 6 heteroatoms. The van der Waals surface area contributed by atoms with E-state index in [4.69, 9.17) is 5.73 Å². The van der Waals surface area contributed by atoms with Crippen LogP contribution in [0.1, 0.15) is 0 Å². The number of rotatable bonds is 4. The summed E-state index contributed by atoms with van der Waals surface area (Å²) in [5.74, 6) is -2.45. The summed E-state index contributed by atoms with van der Waals surface area (Å²) in [7, 11) is 0. The first kappa shape index (κ1) is 14.1. The van der Waals surface area contributed by atoms with E-state index in [0.29, 0.717) is 28.0 Å². The summed E-state index contributed by atoms with van der Waals surface area (Å²) in [6.07, 6.45) is 0. The zero-order valence-electron chi connectivity index (χ0n) is 9.74. The number of halogens is 3. The van der Waals surface area contributed by atoms with Crippen molar-refractivity contribution >= 4 is 44.8 Å². The van der Waals surface area contributed by atoms with E-state index >= 15 is 0 Å². The molecule has 0 aliphatic carbocycles. The molecular weight excluding hydrogens is 334 g/mol. The number of hydrogen-bond donors (Lipinski definition) is 2. The third-order valence-corrected chi connectivity index (χ3v) is 3.81. The SMILES string of the molecule is Nc1ccc(Nc2ccccc2SC(F)F)c(Br)c1. The Morgan fingerprint density at radius 2 is 1.84 bits per heavy atom. The van der Waals surface area contributed by atoms with Gasteiger partial charge in [0, 0.05) is 15.1 Å². The zero-order valence-corrected chi connectivity index (χ0v) is 12.1. The number of nitrogens with one attached hydrogen (secondary N) is 1. The number of alkyl halides is 2. The molecule has 2 aromatic carbocycles. The summed E-state index contributed by atoms with van der Waals surface area (Å²) < 4.78 is 25.7. The Balaban J connectivity index is 2.27. The fourth-order valence-electron chi connectivity index (χ4n) is 1.55. The lowest BCUT2D eigenvalue weighted by Gasteiger charge is -2.13. The Bertz CT molecular complexity index is 578. The molecule has 0 saturated heterocycles. The molecular formula is C13H11BrF2N2S. The van der Waals surface area contributed by atoms with Crippen LogP contribution in [-0.4, -0.2) is 5.76 Å². The first-order valence-corrected chi connectivity index (χ1v) is 7.09. The van der Waals surface area contributed by atoms with Gasteiger partial charge in [-0.05, 0) is 46.3 Å². The van der Waals surface area contributed by atoms with Crippen molar-refractivity contribution in [1.29, 1.82) is 0 Å². The number of nitrogens with two attached hydrogens (primary N) is 1. The summed E-state index contributed by atoms with van der Waals surface area (Å²) in [5.41, 5.74) is 7.70. The van der Waals surface area contributed by atoms with Gasteiger partial charge in [0.15, 0.2) is 0 Å². The fraction of sp³-hybridized carbons (Fsp3) is 0.0769. The van der Waals surface area contributed by atoms with Crippen LogP contribution in [0.25, 0.3) is 0 Å². The Morgan fingerprint density at radius 1 is 1.11 bits per heavy atom. The number of thioether (sulfide) groups is 1. The van der Waals surface area contributed by atoms with Crippen molar-refractivity contribution < 1.29 is 8.78 Å². The molecule has 0 aliphatic heterocycles. The van der Waals surface area contributed by atoms with E-state index < -0.39 is 5.76 Å². The fourth-order valence-corrected chi connectivity index (χ4v) is 2.64. The van der Waals surface area contributed by atoms with Gasteiger partial charge in [-0.1, -0.05) is 23.9 Å². The number of nitrogen functional groups attached to an aromatic ring is 1. The maximum absolute atomic E-state index is 12.5. The second-order valence-electron chi connectivity index (χ2n) is 3.74. The molecule has 19 heavy (non-hydrogen) atoms. The molecule has 0 heterocycles. The molecule has 0 radical (unpaired) electrons. The summed E-state index contributed by atoms with van der Waals surface area (Å²) in [6.45, 7) is 0. The van der Waals surface area contributed by atoms with Crippen LogP contribution in [0.15, 0.2) is 51.8 Å². The van der Waals surface area contributed by atoms with Gasteiger partial charge >= 0.3 is 0 Å². The summed E-state index contributed by atoms with van der Waals surface area (Å²) >= 11 is 3.90. The maximum Gasteiger partial charge on any atom is 0.288 e. The van der Waals surface area contributed by atoms with Crippen LogP contribution >= 0.6 is 27.7 Å². The smallest absolute Gasteiger partial charge is 0.288 e. The third kappa shape index (κ3) is 3.84. The number of para-hydroxylation sites is 1. The van der Waals surface area contributed by atoms with Gasteiger partial charge < -0.3 is 11.1 Å². The molecule has 0 bridgehead atoms. The first-order chi connectivity index (χ1) is 9.06. The van der Waals surface area contributed by atoms with Gasteiger partial charge in [0.1, 0.15) is 0 Å². The van der Waals surface area contributed by atoms with E-state index in [0.717, 1.165) is 10.2 Å². The topological polar surface area (TPSA) is 38.0 Å². The minimum Gasteiger partial charge on any atom is -0.399 e.